The second kappa shape index (κ2) is 8.54. The molecule has 2 aromatic rings. The summed E-state index contributed by atoms with van der Waals surface area (Å²) in [4.78, 5) is 16.9. The van der Waals surface area contributed by atoms with Crippen molar-refractivity contribution in [2.75, 3.05) is 38.2 Å². The van der Waals surface area contributed by atoms with Crippen LogP contribution in [0.15, 0.2) is 36.4 Å². The molecule has 0 unspecified atom stereocenters. The molecule has 0 atom stereocenters. The van der Waals surface area contributed by atoms with Gasteiger partial charge in [-0.2, -0.15) is 5.10 Å². The van der Waals surface area contributed by atoms with Crippen LogP contribution in [0.1, 0.15) is 24.2 Å². The van der Waals surface area contributed by atoms with Gasteiger partial charge in [0.05, 0.1) is 24.5 Å². The number of urea groups is 1. The first kappa shape index (κ1) is 18.0. The molecule has 7 heteroatoms. The van der Waals surface area contributed by atoms with Crippen molar-refractivity contribution < 1.29 is 9.53 Å². The summed E-state index contributed by atoms with van der Waals surface area (Å²) in [5.74, 6) is 0. The van der Waals surface area contributed by atoms with Crippen molar-refractivity contribution in [1.29, 1.82) is 0 Å². The highest BCUT2D eigenvalue weighted by molar-refractivity contribution is 5.89. The van der Waals surface area contributed by atoms with E-state index in [1.165, 1.54) is 0 Å². The third-order valence-electron chi connectivity index (χ3n) is 5.08. The minimum absolute atomic E-state index is 0.0536. The predicted molar refractivity (Wildman–Crippen MR) is 103 cm³/mol. The van der Waals surface area contributed by atoms with E-state index in [1.54, 1.807) is 0 Å². The van der Waals surface area contributed by atoms with Crippen LogP contribution in [0, 0.1) is 0 Å². The van der Waals surface area contributed by atoms with Crippen molar-refractivity contribution in [2.45, 2.75) is 32.5 Å². The molecule has 27 heavy (non-hydrogen) atoms. The van der Waals surface area contributed by atoms with Gasteiger partial charge in [-0.15, -0.1) is 0 Å². The Balaban J connectivity index is 1.41. The second-order valence-electron chi connectivity index (χ2n) is 7.16. The van der Waals surface area contributed by atoms with Gasteiger partial charge in [0, 0.05) is 45.0 Å². The Morgan fingerprint density at radius 3 is 2.85 bits per heavy atom. The second-order valence-corrected chi connectivity index (χ2v) is 7.16. The number of benzene rings is 1. The number of aromatic nitrogens is 2. The Morgan fingerprint density at radius 1 is 1.07 bits per heavy atom. The highest BCUT2D eigenvalue weighted by Gasteiger charge is 2.21. The molecular formula is C20H27N5O2. The van der Waals surface area contributed by atoms with Crippen LogP contribution >= 0.6 is 0 Å². The fraction of sp³-hybridized carbons (Fsp3) is 0.500. The number of nitrogens with zero attached hydrogens (tertiary/aromatic N) is 4. The molecule has 144 valence electrons. The third-order valence-corrected chi connectivity index (χ3v) is 5.08. The lowest BCUT2D eigenvalue weighted by Crippen LogP contribution is -2.34. The number of aryl methyl sites for hydroxylation is 1. The molecule has 0 aliphatic carbocycles. The summed E-state index contributed by atoms with van der Waals surface area (Å²) < 4.78 is 7.60. The number of amides is 2. The molecule has 4 rings (SSSR count). The Morgan fingerprint density at radius 2 is 1.96 bits per heavy atom. The van der Waals surface area contributed by atoms with Crippen molar-refractivity contribution in [3.05, 3.63) is 47.8 Å². The summed E-state index contributed by atoms with van der Waals surface area (Å²) >= 11 is 0. The van der Waals surface area contributed by atoms with Crippen LogP contribution in [0.3, 0.4) is 0 Å². The van der Waals surface area contributed by atoms with Crippen molar-refractivity contribution in [2.24, 2.45) is 0 Å². The normalized spacial score (nSPS) is 18.4. The maximum atomic E-state index is 12.7. The van der Waals surface area contributed by atoms with E-state index in [-0.39, 0.29) is 6.03 Å². The SMILES string of the molecule is O=C(Nc1ccccc1)N1CCCn2nc(CN3CCCOCC3)cc2C1. The number of carbonyl (C=O) groups is 1. The van der Waals surface area contributed by atoms with Gasteiger partial charge in [-0.25, -0.2) is 4.79 Å². The van der Waals surface area contributed by atoms with E-state index < -0.39 is 0 Å². The zero-order chi connectivity index (χ0) is 18.5. The molecule has 1 aromatic heterocycles. The fourth-order valence-electron chi connectivity index (χ4n) is 3.68. The lowest BCUT2D eigenvalue weighted by molar-refractivity contribution is 0.140. The first-order chi connectivity index (χ1) is 13.3. The maximum absolute atomic E-state index is 12.7. The van der Waals surface area contributed by atoms with Gasteiger partial charge in [0.15, 0.2) is 0 Å². The molecule has 1 fully saturated rings. The topological polar surface area (TPSA) is 62.6 Å². The smallest absolute Gasteiger partial charge is 0.322 e. The van der Waals surface area contributed by atoms with Crippen LogP contribution in [0.4, 0.5) is 10.5 Å². The number of carbonyl (C=O) groups excluding carboxylic acids is 1. The standard InChI is InChI=1S/C20H27N5O2/c26-20(21-17-6-2-1-3-7-17)24-9-4-10-25-19(16-24)14-18(22-25)15-23-8-5-12-27-13-11-23/h1-3,6-7,14H,4-5,8-13,15-16H2,(H,21,26). The van der Waals surface area contributed by atoms with E-state index >= 15 is 0 Å². The monoisotopic (exact) mass is 369 g/mol. The first-order valence-corrected chi connectivity index (χ1v) is 9.74. The number of para-hydroxylation sites is 1. The summed E-state index contributed by atoms with van der Waals surface area (Å²) in [6, 6.07) is 11.7. The Labute approximate surface area is 159 Å². The number of hydrogen-bond donors (Lipinski definition) is 1. The van der Waals surface area contributed by atoms with E-state index in [4.69, 9.17) is 9.84 Å². The third kappa shape index (κ3) is 4.67. The van der Waals surface area contributed by atoms with Crippen LogP contribution in [0.2, 0.25) is 0 Å². The van der Waals surface area contributed by atoms with Gasteiger partial charge < -0.3 is 15.0 Å². The number of ether oxygens (including phenoxy) is 1. The van der Waals surface area contributed by atoms with E-state index in [0.29, 0.717) is 6.54 Å². The van der Waals surface area contributed by atoms with E-state index in [0.717, 1.165) is 75.9 Å². The zero-order valence-electron chi connectivity index (χ0n) is 15.6. The van der Waals surface area contributed by atoms with Crippen molar-refractivity contribution in [1.82, 2.24) is 19.6 Å². The summed E-state index contributed by atoms with van der Waals surface area (Å²) in [5.41, 5.74) is 3.01. The molecule has 7 nitrogen and oxygen atoms in total. The minimum Gasteiger partial charge on any atom is -0.380 e. The Hall–Kier alpha value is -2.38. The number of fused-ring (bicyclic) bond motifs is 1. The van der Waals surface area contributed by atoms with Crippen LogP contribution in [0.5, 0.6) is 0 Å². The molecule has 0 bridgehead atoms. The lowest BCUT2D eigenvalue weighted by Gasteiger charge is -2.20. The average molecular weight is 369 g/mol. The first-order valence-electron chi connectivity index (χ1n) is 9.74. The van der Waals surface area contributed by atoms with Crippen molar-refractivity contribution in [3.63, 3.8) is 0 Å². The van der Waals surface area contributed by atoms with Gasteiger partial charge >= 0.3 is 6.03 Å². The molecule has 0 spiro atoms. The van der Waals surface area contributed by atoms with Crippen LogP contribution in [0.25, 0.3) is 0 Å². The predicted octanol–water partition coefficient (Wildman–Crippen LogP) is 2.54. The molecule has 2 aliphatic rings. The maximum Gasteiger partial charge on any atom is 0.322 e. The van der Waals surface area contributed by atoms with Gasteiger partial charge in [0.1, 0.15) is 0 Å². The molecule has 1 N–H and O–H groups in total. The van der Waals surface area contributed by atoms with Crippen LogP contribution < -0.4 is 5.32 Å². The Kier molecular flexibility index (Phi) is 5.69. The van der Waals surface area contributed by atoms with Crippen LogP contribution in [-0.2, 0) is 24.4 Å². The highest BCUT2D eigenvalue weighted by atomic mass is 16.5. The molecular weight excluding hydrogens is 342 g/mol. The van der Waals surface area contributed by atoms with Gasteiger partial charge in [-0.3, -0.25) is 9.58 Å². The van der Waals surface area contributed by atoms with E-state index in [2.05, 4.69) is 21.0 Å². The number of nitrogens with one attached hydrogen (secondary N) is 1. The van der Waals surface area contributed by atoms with Gasteiger partial charge in [-0.1, -0.05) is 18.2 Å². The average Bonchev–Trinajstić information content (AvgIpc) is 2.84. The molecule has 3 heterocycles. The molecule has 0 radical (unpaired) electrons. The van der Waals surface area contributed by atoms with Crippen molar-refractivity contribution >= 4 is 11.7 Å². The quantitative estimate of drug-likeness (QED) is 0.903. The van der Waals surface area contributed by atoms with Gasteiger partial charge in [0.2, 0.25) is 0 Å². The molecule has 1 saturated heterocycles. The summed E-state index contributed by atoms with van der Waals surface area (Å²) in [7, 11) is 0. The molecule has 1 aromatic carbocycles. The molecule has 0 saturated carbocycles. The zero-order valence-corrected chi connectivity index (χ0v) is 15.6. The van der Waals surface area contributed by atoms with E-state index in [1.807, 2.05) is 35.2 Å². The molecule has 2 amide bonds. The van der Waals surface area contributed by atoms with Gasteiger partial charge in [0.25, 0.3) is 0 Å². The number of hydrogen-bond acceptors (Lipinski definition) is 4. The van der Waals surface area contributed by atoms with Crippen LogP contribution in [-0.4, -0.2) is 58.5 Å². The summed E-state index contributed by atoms with van der Waals surface area (Å²) in [6.07, 6.45) is 1.98. The van der Waals surface area contributed by atoms with Crippen molar-refractivity contribution in [3.8, 4) is 0 Å². The number of anilines is 1. The highest BCUT2D eigenvalue weighted by Crippen LogP contribution is 2.17. The number of rotatable bonds is 3. The van der Waals surface area contributed by atoms with Gasteiger partial charge in [-0.05, 0) is 31.0 Å². The summed E-state index contributed by atoms with van der Waals surface area (Å²) in [6.45, 7) is 6.67. The Bertz CT molecular complexity index is 753. The molecule has 2 aliphatic heterocycles. The summed E-state index contributed by atoms with van der Waals surface area (Å²) in [5, 5.41) is 7.77. The fourth-order valence-corrected chi connectivity index (χ4v) is 3.68. The largest absolute Gasteiger partial charge is 0.380 e. The lowest BCUT2D eigenvalue weighted by atomic mass is 10.3. The van der Waals surface area contributed by atoms with E-state index in [9.17, 15) is 4.79 Å². The minimum atomic E-state index is -0.0536.